The van der Waals surface area contributed by atoms with Gasteiger partial charge in [-0.15, -0.1) is 0 Å². The molecular formula is C13H17N3O. The van der Waals surface area contributed by atoms with E-state index in [9.17, 15) is 5.11 Å². The van der Waals surface area contributed by atoms with E-state index in [0.717, 1.165) is 11.4 Å². The molecule has 1 unspecified atom stereocenters. The smallest absolute Gasteiger partial charge is 0.105 e. The summed E-state index contributed by atoms with van der Waals surface area (Å²) in [6.07, 6.45) is 3.60. The zero-order valence-electron chi connectivity index (χ0n) is 9.87. The minimum absolute atomic E-state index is 0.103. The molecule has 0 saturated heterocycles. The van der Waals surface area contributed by atoms with Crippen molar-refractivity contribution in [2.75, 3.05) is 6.61 Å². The Balaban J connectivity index is 2.30. The lowest BCUT2D eigenvalue weighted by atomic mass is 9.91. The van der Waals surface area contributed by atoms with Gasteiger partial charge < -0.3 is 15.4 Å². The highest BCUT2D eigenvalue weighted by atomic mass is 16.3. The quantitative estimate of drug-likeness (QED) is 0.826. The lowest BCUT2D eigenvalue weighted by molar-refractivity contribution is 0.178. The number of aliphatic hydroxyl groups excluding tert-OH is 1. The number of benzene rings is 1. The molecule has 0 spiro atoms. The van der Waals surface area contributed by atoms with Crippen molar-refractivity contribution in [3.05, 3.63) is 54.1 Å². The molecule has 0 aliphatic heterocycles. The summed E-state index contributed by atoms with van der Waals surface area (Å²) in [4.78, 5) is 4.15. The first-order chi connectivity index (χ1) is 8.15. The molecule has 4 nitrogen and oxygen atoms in total. The number of nitrogens with two attached hydrogens (primary N) is 1. The molecule has 1 aromatic heterocycles. The Labute approximate surface area is 101 Å². The number of imidazole rings is 1. The summed E-state index contributed by atoms with van der Waals surface area (Å²) in [6.45, 7) is 2.33. The van der Waals surface area contributed by atoms with Gasteiger partial charge >= 0.3 is 0 Å². The lowest BCUT2D eigenvalue weighted by Crippen LogP contribution is -2.44. The van der Waals surface area contributed by atoms with E-state index in [-0.39, 0.29) is 6.61 Å². The molecule has 17 heavy (non-hydrogen) atoms. The third-order valence-corrected chi connectivity index (χ3v) is 3.01. The van der Waals surface area contributed by atoms with Gasteiger partial charge in [0.15, 0.2) is 0 Å². The highest BCUT2D eigenvalue weighted by Crippen LogP contribution is 2.20. The number of aryl methyl sites for hydroxylation is 1. The normalized spacial score (nSPS) is 14.5. The van der Waals surface area contributed by atoms with Crippen molar-refractivity contribution in [2.24, 2.45) is 5.73 Å². The molecule has 4 heteroatoms. The van der Waals surface area contributed by atoms with Crippen LogP contribution >= 0.6 is 0 Å². The SMILES string of the molecule is Cc1nccn1CC(N)(CO)c1ccccc1. The van der Waals surface area contributed by atoms with Crippen LogP contribution in [0, 0.1) is 6.92 Å². The molecule has 0 fully saturated rings. The number of aromatic nitrogens is 2. The Morgan fingerprint density at radius 3 is 2.59 bits per heavy atom. The third-order valence-electron chi connectivity index (χ3n) is 3.01. The van der Waals surface area contributed by atoms with E-state index >= 15 is 0 Å². The van der Waals surface area contributed by atoms with E-state index in [1.165, 1.54) is 0 Å². The van der Waals surface area contributed by atoms with Crippen molar-refractivity contribution in [3.8, 4) is 0 Å². The van der Waals surface area contributed by atoms with Crippen LogP contribution in [0.4, 0.5) is 0 Å². The second-order valence-electron chi connectivity index (χ2n) is 4.28. The summed E-state index contributed by atoms with van der Waals surface area (Å²) >= 11 is 0. The van der Waals surface area contributed by atoms with Gasteiger partial charge in [-0.3, -0.25) is 0 Å². The van der Waals surface area contributed by atoms with E-state index in [2.05, 4.69) is 4.98 Å². The van der Waals surface area contributed by atoms with Gasteiger partial charge in [0.05, 0.1) is 12.1 Å². The molecule has 1 heterocycles. The zero-order chi connectivity index (χ0) is 12.3. The van der Waals surface area contributed by atoms with Crippen LogP contribution < -0.4 is 5.73 Å². The predicted molar refractivity (Wildman–Crippen MR) is 66.4 cm³/mol. The molecule has 0 aliphatic carbocycles. The Kier molecular flexibility index (Phi) is 3.26. The van der Waals surface area contributed by atoms with Crippen molar-refractivity contribution >= 4 is 0 Å². The minimum Gasteiger partial charge on any atom is -0.394 e. The molecule has 0 saturated carbocycles. The maximum atomic E-state index is 9.57. The van der Waals surface area contributed by atoms with Gasteiger partial charge in [0.2, 0.25) is 0 Å². The highest BCUT2D eigenvalue weighted by Gasteiger charge is 2.27. The monoisotopic (exact) mass is 231 g/mol. The molecule has 3 N–H and O–H groups in total. The first-order valence-electron chi connectivity index (χ1n) is 5.59. The van der Waals surface area contributed by atoms with Crippen LogP contribution in [0.15, 0.2) is 42.7 Å². The van der Waals surface area contributed by atoms with E-state index in [1.807, 2.05) is 48.0 Å². The first-order valence-corrected chi connectivity index (χ1v) is 5.59. The molecule has 0 radical (unpaired) electrons. The van der Waals surface area contributed by atoms with Crippen LogP contribution in [0.1, 0.15) is 11.4 Å². The summed E-state index contributed by atoms with van der Waals surface area (Å²) in [6, 6.07) is 9.65. The van der Waals surface area contributed by atoms with Gasteiger partial charge in [0.25, 0.3) is 0 Å². The van der Waals surface area contributed by atoms with Crippen molar-refractivity contribution < 1.29 is 5.11 Å². The molecule has 0 bridgehead atoms. The largest absolute Gasteiger partial charge is 0.394 e. The number of hydrogen-bond acceptors (Lipinski definition) is 3. The van der Waals surface area contributed by atoms with E-state index in [0.29, 0.717) is 6.54 Å². The fourth-order valence-corrected chi connectivity index (χ4v) is 1.88. The summed E-state index contributed by atoms with van der Waals surface area (Å²) < 4.78 is 1.95. The van der Waals surface area contributed by atoms with Gasteiger partial charge in [-0.1, -0.05) is 30.3 Å². The van der Waals surface area contributed by atoms with E-state index in [1.54, 1.807) is 6.20 Å². The van der Waals surface area contributed by atoms with Crippen molar-refractivity contribution in [2.45, 2.75) is 19.0 Å². The Morgan fingerprint density at radius 1 is 1.35 bits per heavy atom. The van der Waals surface area contributed by atoms with Gasteiger partial charge in [0, 0.05) is 18.9 Å². The minimum atomic E-state index is -0.771. The van der Waals surface area contributed by atoms with Crippen LogP contribution in [0.2, 0.25) is 0 Å². The van der Waals surface area contributed by atoms with E-state index < -0.39 is 5.54 Å². The number of nitrogens with zero attached hydrogens (tertiary/aromatic N) is 2. The summed E-state index contributed by atoms with van der Waals surface area (Å²) in [5.41, 5.74) is 6.44. The van der Waals surface area contributed by atoms with Crippen LogP contribution in [-0.4, -0.2) is 21.3 Å². The third kappa shape index (κ3) is 2.38. The van der Waals surface area contributed by atoms with Gasteiger partial charge in [-0.25, -0.2) is 4.98 Å². The molecule has 0 amide bonds. The predicted octanol–water partition coefficient (Wildman–Crippen LogP) is 1.04. The average molecular weight is 231 g/mol. The lowest BCUT2D eigenvalue weighted by Gasteiger charge is -2.28. The zero-order valence-corrected chi connectivity index (χ0v) is 9.87. The second kappa shape index (κ2) is 4.69. The highest BCUT2D eigenvalue weighted by molar-refractivity contribution is 5.24. The van der Waals surface area contributed by atoms with Gasteiger partial charge in [-0.2, -0.15) is 0 Å². The van der Waals surface area contributed by atoms with Crippen LogP contribution in [0.5, 0.6) is 0 Å². The molecular weight excluding hydrogens is 214 g/mol. The summed E-state index contributed by atoms with van der Waals surface area (Å²) in [5, 5.41) is 9.57. The molecule has 2 rings (SSSR count). The second-order valence-corrected chi connectivity index (χ2v) is 4.28. The standard InChI is InChI=1S/C13H17N3O/c1-11-15-7-8-16(11)9-13(14,10-17)12-5-3-2-4-6-12/h2-8,17H,9-10,14H2,1H3. The van der Waals surface area contributed by atoms with Crippen LogP contribution in [0.3, 0.4) is 0 Å². The average Bonchev–Trinajstić information content (AvgIpc) is 2.76. The molecule has 90 valence electrons. The number of rotatable bonds is 4. The van der Waals surface area contributed by atoms with Crippen molar-refractivity contribution in [1.82, 2.24) is 9.55 Å². The summed E-state index contributed by atoms with van der Waals surface area (Å²) in [5.74, 6) is 0.893. The van der Waals surface area contributed by atoms with E-state index in [4.69, 9.17) is 5.73 Å². The molecule has 1 aromatic carbocycles. The van der Waals surface area contributed by atoms with Crippen LogP contribution in [0.25, 0.3) is 0 Å². The van der Waals surface area contributed by atoms with Gasteiger partial charge in [0.1, 0.15) is 5.82 Å². The Morgan fingerprint density at radius 2 is 2.06 bits per heavy atom. The maximum absolute atomic E-state index is 9.57. The van der Waals surface area contributed by atoms with Crippen molar-refractivity contribution in [1.29, 1.82) is 0 Å². The Bertz CT molecular complexity index is 480. The Hall–Kier alpha value is -1.65. The van der Waals surface area contributed by atoms with Gasteiger partial charge in [-0.05, 0) is 12.5 Å². The molecule has 0 aliphatic rings. The first kappa shape index (κ1) is 11.8. The fourth-order valence-electron chi connectivity index (χ4n) is 1.88. The van der Waals surface area contributed by atoms with Crippen LogP contribution in [-0.2, 0) is 12.1 Å². The van der Waals surface area contributed by atoms with Crippen molar-refractivity contribution in [3.63, 3.8) is 0 Å². The molecule has 1 atom stereocenters. The molecule has 2 aromatic rings. The summed E-state index contributed by atoms with van der Waals surface area (Å²) in [7, 11) is 0. The topological polar surface area (TPSA) is 64.1 Å². The number of hydrogen-bond donors (Lipinski definition) is 2. The number of aliphatic hydroxyl groups is 1. The fraction of sp³-hybridized carbons (Fsp3) is 0.308. The maximum Gasteiger partial charge on any atom is 0.105 e.